The Balaban J connectivity index is 2.21. The number of benzene rings is 2. The fourth-order valence-corrected chi connectivity index (χ4v) is 2.09. The van der Waals surface area contributed by atoms with E-state index in [2.05, 4.69) is 21.2 Å². The molecule has 0 bridgehead atoms. The van der Waals surface area contributed by atoms with Gasteiger partial charge in [0.15, 0.2) is 0 Å². The van der Waals surface area contributed by atoms with Gasteiger partial charge in [0.05, 0.1) is 5.56 Å². The van der Waals surface area contributed by atoms with E-state index in [1.165, 1.54) is 0 Å². The van der Waals surface area contributed by atoms with E-state index in [-0.39, 0.29) is 5.56 Å². The van der Waals surface area contributed by atoms with E-state index in [1.807, 2.05) is 25.1 Å². The summed E-state index contributed by atoms with van der Waals surface area (Å²) in [5.74, 6) is -0.915. The van der Waals surface area contributed by atoms with Crippen LogP contribution in [-0.2, 0) is 0 Å². The van der Waals surface area contributed by atoms with Crippen molar-refractivity contribution >= 4 is 33.3 Å². The van der Waals surface area contributed by atoms with E-state index in [0.717, 1.165) is 21.4 Å². The van der Waals surface area contributed by atoms with Crippen LogP contribution in [0.25, 0.3) is 0 Å². The largest absolute Gasteiger partial charge is 0.478 e. The summed E-state index contributed by atoms with van der Waals surface area (Å²) >= 11 is 3.41. The van der Waals surface area contributed by atoms with Crippen LogP contribution in [0.5, 0.6) is 0 Å². The maximum atomic E-state index is 10.7. The third-order valence-corrected chi connectivity index (χ3v) is 3.09. The molecule has 0 fully saturated rings. The summed E-state index contributed by atoms with van der Waals surface area (Å²) in [5, 5.41) is 12.1. The minimum Gasteiger partial charge on any atom is -0.478 e. The van der Waals surface area contributed by atoms with E-state index in [1.54, 1.807) is 24.3 Å². The molecule has 0 saturated heterocycles. The molecule has 0 aliphatic rings. The van der Waals surface area contributed by atoms with Crippen molar-refractivity contribution in [1.29, 1.82) is 0 Å². The summed E-state index contributed by atoms with van der Waals surface area (Å²) in [6.45, 7) is 2.01. The smallest absolute Gasteiger partial charge is 0.335 e. The first-order valence-electron chi connectivity index (χ1n) is 5.43. The fourth-order valence-electron chi connectivity index (χ4n) is 1.62. The predicted molar refractivity (Wildman–Crippen MR) is 75.6 cm³/mol. The van der Waals surface area contributed by atoms with E-state index in [9.17, 15) is 4.79 Å². The summed E-state index contributed by atoms with van der Waals surface area (Å²) in [6.07, 6.45) is 0. The lowest BCUT2D eigenvalue weighted by atomic mass is 10.1. The first kappa shape index (κ1) is 12.6. The van der Waals surface area contributed by atoms with Gasteiger partial charge in [-0.15, -0.1) is 0 Å². The molecule has 0 aliphatic carbocycles. The van der Waals surface area contributed by atoms with Crippen molar-refractivity contribution < 1.29 is 9.90 Å². The van der Waals surface area contributed by atoms with Gasteiger partial charge in [-0.2, -0.15) is 0 Å². The zero-order valence-electron chi connectivity index (χ0n) is 9.77. The number of halogens is 1. The quantitative estimate of drug-likeness (QED) is 0.893. The second-order valence-electron chi connectivity index (χ2n) is 3.97. The first-order valence-corrected chi connectivity index (χ1v) is 6.22. The van der Waals surface area contributed by atoms with Gasteiger partial charge in [0.1, 0.15) is 0 Å². The molecule has 2 rings (SSSR count). The number of hydrogen-bond donors (Lipinski definition) is 2. The van der Waals surface area contributed by atoms with Crippen LogP contribution in [0, 0.1) is 6.92 Å². The van der Waals surface area contributed by atoms with Crippen molar-refractivity contribution in [2.24, 2.45) is 0 Å². The average Bonchev–Trinajstić information content (AvgIpc) is 2.33. The number of carboxylic acids is 1. The maximum absolute atomic E-state index is 10.7. The van der Waals surface area contributed by atoms with Crippen molar-refractivity contribution in [2.75, 3.05) is 5.32 Å². The molecular formula is C14H12BrNO2. The SMILES string of the molecule is Cc1cc(Br)ccc1Nc1ccc(C(=O)O)cc1. The number of anilines is 2. The zero-order chi connectivity index (χ0) is 13.1. The Morgan fingerprint density at radius 2 is 1.83 bits per heavy atom. The molecule has 0 aromatic heterocycles. The third-order valence-electron chi connectivity index (χ3n) is 2.60. The number of aryl methyl sites for hydroxylation is 1. The number of carbonyl (C=O) groups is 1. The predicted octanol–water partition coefficient (Wildman–Crippen LogP) is 4.20. The summed E-state index contributed by atoms with van der Waals surface area (Å²) in [7, 11) is 0. The first-order chi connectivity index (χ1) is 8.56. The highest BCUT2D eigenvalue weighted by Gasteiger charge is 2.03. The van der Waals surface area contributed by atoms with E-state index in [4.69, 9.17) is 5.11 Å². The highest BCUT2D eigenvalue weighted by molar-refractivity contribution is 9.10. The molecule has 0 amide bonds. The van der Waals surface area contributed by atoms with Gasteiger partial charge in [-0.05, 0) is 55.0 Å². The molecule has 2 N–H and O–H groups in total. The molecule has 18 heavy (non-hydrogen) atoms. The average molecular weight is 306 g/mol. The van der Waals surface area contributed by atoms with Crippen molar-refractivity contribution in [1.82, 2.24) is 0 Å². The van der Waals surface area contributed by atoms with E-state index in [0.29, 0.717) is 0 Å². The topological polar surface area (TPSA) is 49.3 Å². The Morgan fingerprint density at radius 1 is 1.17 bits per heavy atom. The van der Waals surface area contributed by atoms with Crippen LogP contribution in [0.4, 0.5) is 11.4 Å². The minimum atomic E-state index is -0.915. The number of rotatable bonds is 3. The molecule has 92 valence electrons. The summed E-state index contributed by atoms with van der Waals surface area (Å²) < 4.78 is 1.03. The van der Waals surface area contributed by atoms with Crippen molar-refractivity contribution in [2.45, 2.75) is 6.92 Å². The standard InChI is InChI=1S/C14H12BrNO2/c1-9-8-11(15)4-7-13(9)16-12-5-2-10(3-6-12)14(17)18/h2-8,16H,1H3,(H,17,18). The molecule has 0 radical (unpaired) electrons. The minimum absolute atomic E-state index is 0.285. The molecule has 0 saturated carbocycles. The molecule has 2 aromatic rings. The molecule has 4 heteroatoms. The second kappa shape index (κ2) is 5.23. The molecule has 0 heterocycles. The molecular weight excluding hydrogens is 294 g/mol. The number of hydrogen-bond acceptors (Lipinski definition) is 2. The Kier molecular flexibility index (Phi) is 3.67. The summed E-state index contributed by atoms with van der Waals surface area (Å²) in [4.78, 5) is 10.7. The molecule has 3 nitrogen and oxygen atoms in total. The number of aromatic carboxylic acids is 1. The van der Waals surface area contributed by atoms with Crippen LogP contribution in [0.3, 0.4) is 0 Å². The molecule has 0 unspecified atom stereocenters. The van der Waals surface area contributed by atoms with Crippen LogP contribution in [0.2, 0.25) is 0 Å². The van der Waals surface area contributed by atoms with E-state index >= 15 is 0 Å². The van der Waals surface area contributed by atoms with Crippen LogP contribution in [0.1, 0.15) is 15.9 Å². The van der Waals surface area contributed by atoms with Crippen LogP contribution in [0.15, 0.2) is 46.9 Å². The van der Waals surface area contributed by atoms with Crippen LogP contribution < -0.4 is 5.32 Å². The molecule has 0 atom stereocenters. The van der Waals surface area contributed by atoms with Crippen molar-refractivity contribution in [3.05, 3.63) is 58.1 Å². The maximum Gasteiger partial charge on any atom is 0.335 e. The Morgan fingerprint density at radius 3 is 2.39 bits per heavy atom. The van der Waals surface area contributed by atoms with Gasteiger partial charge in [0.25, 0.3) is 0 Å². The van der Waals surface area contributed by atoms with Gasteiger partial charge in [0, 0.05) is 15.8 Å². The van der Waals surface area contributed by atoms with Gasteiger partial charge in [0.2, 0.25) is 0 Å². The Labute approximate surface area is 114 Å². The lowest BCUT2D eigenvalue weighted by molar-refractivity contribution is 0.0697. The van der Waals surface area contributed by atoms with Crippen LogP contribution in [-0.4, -0.2) is 11.1 Å². The van der Waals surface area contributed by atoms with Gasteiger partial charge in [-0.3, -0.25) is 0 Å². The number of nitrogens with one attached hydrogen (secondary N) is 1. The monoisotopic (exact) mass is 305 g/mol. The Bertz CT molecular complexity index is 579. The van der Waals surface area contributed by atoms with Gasteiger partial charge in [-0.25, -0.2) is 4.79 Å². The van der Waals surface area contributed by atoms with Crippen molar-refractivity contribution in [3.8, 4) is 0 Å². The van der Waals surface area contributed by atoms with Gasteiger partial charge < -0.3 is 10.4 Å². The fraction of sp³-hybridized carbons (Fsp3) is 0.0714. The van der Waals surface area contributed by atoms with Crippen molar-refractivity contribution in [3.63, 3.8) is 0 Å². The lowest BCUT2D eigenvalue weighted by Crippen LogP contribution is -1.97. The normalized spacial score (nSPS) is 10.1. The molecule has 2 aromatic carbocycles. The van der Waals surface area contributed by atoms with Crippen LogP contribution >= 0.6 is 15.9 Å². The number of carboxylic acid groups (broad SMARTS) is 1. The second-order valence-corrected chi connectivity index (χ2v) is 4.88. The van der Waals surface area contributed by atoms with Gasteiger partial charge >= 0.3 is 5.97 Å². The summed E-state index contributed by atoms with van der Waals surface area (Å²) in [5.41, 5.74) is 3.27. The Hall–Kier alpha value is -1.81. The highest BCUT2D eigenvalue weighted by atomic mass is 79.9. The van der Waals surface area contributed by atoms with Gasteiger partial charge in [-0.1, -0.05) is 15.9 Å². The lowest BCUT2D eigenvalue weighted by Gasteiger charge is -2.10. The highest BCUT2D eigenvalue weighted by Crippen LogP contribution is 2.23. The zero-order valence-corrected chi connectivity index (χ0v) is 11.4. The third kappa shape index (κ3) is 2.90. The molecule has 0 spiro atoms. The summed E-state index contributed by atoms with van der Waals surface area (Å²) in [6, 6.07) is 12.6. The van der Waals surface area contributed by atoms with E-state index < -0.39 is 5.97 Å². The molecule has 0 aliphatic heterocycles.